The topological polar surface area (TPSA) is 66.0 Å². The highest BCUT2D eigenvalue weighted by Crippen LogP contribution is 2.38. The second kappa shape index (κ2) is 9.20. The lowest BCUT2D eigenvalue weighted by atomic mass is 10.1. The Morgan fingerprint density at radius 1 is 1.00 bits per heavy atom. The molecule has 0 bridgehead atoms. The van der Waals surface area contributed by atoms with Crippen LogP contribution in [0, 0.1) is 6.92 Å². The van der Waals surface area contributed by atoms with Crippen LogP contribution in [0.3, 0.4) is 0 Å². The first-order chi connectivity index (χ1) is 12.5. The van der Waals surface area contributed by atoms with Crippen molar-refractivity contribution in [2.24, 2.45) is 0 Å². The number of ether oxygens (including phenoxy) is 4. The third-order valence-electron chi connectivity index (χ3n) is 3.66. The number of nitrogens with one attached hydrogen (secondary N) is 1. The minimum atomic E-state index is -0.275. The van der Waals surface area contributed by atoms with Crippen molar-refractivity contribution >= 4 is 17.5 Å². The van der Waals surface area contributed by atoms with E-state index in [2.05, 4.69) is 5.32 Å². The fourth-order valence-corrected chi connectivity index (χ4v) is 2.53. The molecule has 0 aliphatic rings. The molecule has 0 heterocycles. The van der Waals surface area contributed by atoms with Crippen LogP contribution in [0.4, 0.5) is 0 Å². The maximum Gasteiger partial charge on any atom is 0.251 e. The van der Waals surface area contributed by atoms with Gasteiger partial charge in [-0.15, -0.1) is 0 Å². The van der Waals surface area contributed by atoms with Gasteiger partial charge in [0.15, 0.2) is 11.5 Å². The monoisotopic (exact) mass is 379 g/mol. The molecule has 0 saturated heterocycles. The average molecular weight is 380 g/mol. The predicted molar refractivity (Wildman–Crippen MR) is 100 cm³/mol. The van der Waals surface area contributed by atoms with Crippen molar-refractivity contribution in [2.45, 2.75) is 6.92 Å². The molecule has 1 amide bonds. The number of aryl methyl sites for hydroxylation is 1. The van der Waals surface area contributed by atoms with E-state index in [0.29, 0.717) is 46.7 Å². The number of halogens is 1. The standard InChI is InChI=1S/C19H22ClNO5/c1-12-5-6-14(20)15(9-12)26-8-7-21-19(22)13-10-16(23-2)18(25-4)17(11-13)24-3/h5-6,9-11H,7-8H2,1-4H3,(H,21,22). The molecule has 0 spiro atoms. The van der Waals surface area contributed by atoms with Crippen molar-refractivity contribution in [1.29, 1.82) is 0 Å². The molecule has 0 unspecified atom stereocenters. The van der Waals surface area contributed by atoms with E-state index in [-0.39, 0.29) is 5.91 Å². The van der Waals surface area contributed by atoms with Crippen LogP contribution >= 0.6 is 11.6 Å². The van der Waals surface area contributed by atoms with Gasteiger partial charge in [0.2, 0.25) is 5.75 Å². The number of amides is 1. The van der Waals surface area contributed by atoms with Crippen molar-refractivity contribution in [3.8, 4) is 23.0 Å². The largest absolute Gasteiger partial charge is 0.493 e. The molecule has 0 aliphatic heterocycles. The second-order valence-electron chi connectivity index (χ2n) is 5.45. The van der Waals surface area contributed by atoms with Gasteiger partial charge in [-0.1, -0.05) is 17.7 Å². The number of carbonyl (C=O) groups excluding carboxylic acids is 1. The molecule has 26 heavy (non-hydrogen) atoms. The lowest BCUT2D eigenvalue weighted by Gasteiger charge is -2.14. The van der Waals surface area contributed by atoms with Crippen LogP contribution in [-0.4, -0.2) is 40.4 Å². The molecule has 0 saturated carbocycles. The van der Waals surface area contributed by atoms with Gasteiger partial charge in [-0.05, 0) is 36.8 Å². The first kappa shape index (κ1) is 19.7. The molecular weight excluding hydrogens is 358 g/mol. The molecule has 0 aromatic heterocycles. The summed E-state index contributed by atoms with van der Waals surface area (Å²) in [6, 6.07) is 8.72. The number of hydrogen-bond donors (Lipinski definition) is 1. The number of benzene rings is 2. The molecule has 7 heteroatoms. The van der Waals surface area contributed by atoms with Gasteiger partial charge in [0.25, 0.3) is 5.91 Å². The van der Waals surface area contributed by atoms with Crippen LogP contribution in [0.5, 0.6) is 23.0 Å². The number of hydrogen-bond acceptors (Lipinski definition) is 5. The summed E-state index contributed by atoms with van der Waals surface area (Å²) in [6.07, 6.45) is 0. The molecule has 2 aromatic carbocycles. The minimum Gasteiger partial charge on any atom is -0.493 e. The Labute approximate surface area is 158 Å². The summed E-state index contributed by atoms with van der Waals surface area (Å²) in [4.78, 5) is 12.4. The predicted octanol–water partition coefficient (Wildman–Crippen LogP) is 3.48. The first-order valence-corrected chi connectivity index (χ1v) is 8.35. The van der Waals surface area contributed by atoms with Gasteiger partial charge in [0.1, 0.15) is 12.4 Å². The zero-order valence-electron chi connectivity index (χ0n) is 15.2. The Hall–Kier alpha value is -2.60. The van der Waals surface area contributed by atoms with Crippen LogP contribution in [-0.2, 0) is 0 Å². The zero-order valence-corrected chi connectivity index (χ0v) is 16.0. The Morgan fingerprint density at radius 3 is 2.23 bits per heavy atom. The quantitative estimate of drug-likeness (QED) is 0.711. The molecule has 0 fully saturated rings. The summed E-state index contributed by atoms with van der Waals surface area (Å²) in [5.41, 5.74) is 1.44. The molecular formula is C19H22ClNO5. The van der Waals surface area contributed by atoms with Crippen LogP contribution in [0.25, 0.3) is 0 Å². The van der Waals surface area contributed by atoms with E-state index in [1.807, 2.05) is 19.1 Å². The highest BCUT2D eigenvalue weighted by Gasteiger charge is 2.16. The Morgan fingerprint density at radius 2 is 1.65 bits per heavy atom. The van der Waals surface area contributed by atoms with Gasteiger partial charge in [-0.25, -0.2) is 0 Å². The van der Waals surface area contributed by atoms with Crippen molar-refractivity contribution in [1.82, 2.24) is 5.32 Å². The van der Waals surface area contributed by atoms with Crippen LogP contribution in [0.2, 0.25) is 5.02 Å². The van der Waals surface area contributed by atoms with Crippen molar-refractivity contribution in [3.05, 3.63) is 46.5 Å². The zero-order chi connectivity index (χ0) is 19.1. The third kappa shape index (κ3) is 4.73. The molecule has 0 aliphatic carbocycles. The summed E-state index contributed by atoms with van der Waals surface area (Å²) >= 11 is 6.08. The summed E-state index contributed by atoms with van der Waals surface area (Å²) in [6.45, 7) is 2.56. The Bertz CT molecular complexity index is 754. The van der Waals surface area contributed by atoms with E-state index in [4.69, 9.17) is 30.5 Å². The van der Waals surface area contributed by atoms with E-state index < -0.39 is 0 Å². The average Bonchev–Trinajstić information content (AvgIpc) is 2.66. The molecule has 0 radical (unpaired) electrons. The Kier molecular flexibility index (Phi) is 6.97. The minimum absolute atomic E-state index is 0.275. The molecule has 0 atom stereocenters. The lowest BCUT2D eigenvalue weighted by molar-refractivity contribution is 0.0946. The number of methoxy groups -OCH3 is 3. The van der Waals surface area contributed by atoms with Gasteiger partial charge in [-0.3, -0.25) is 4.79 Å². The maximum atomic E-state index is 12.4. The van der Waals surface area contributed by atoms with Gasteiger partial charge < -0.3 is 24.3 Å². The third-order valence-corrected chi connectivity index (χ3v) is 3.97. The lowest BCUT2D eigenvalue weighted by Crippen LogP contribution is -2.28. The van der Waals surface area contributed by atoms with Gasteiger partial charge >= 0.3 is 0 Å². The second-order valence-corrected chi connectivity index (χ2v) is 5.86. The summed E-state index contributed by atoms with van der Waals surface area (Å²) < 4.78 is 21.4. The van der Waals surface area contributed by atoms with Gasteiger partial charge in [0, 0.05) is 5.56 Å². The number of carbonyl (C=O) groups is 1. The summed E-state index contributed by atoms with van der Waals surface area (Å²) in [5.74, 6) is 1.58. The fraction of sp³-hybridized carbons (Fsp3) is 0.316. The molecule has 2 aromatic rings. The van der Waals surface area contributed by atoms with Crippen molar-refractivity contribution in [2.75, 3.05) is 34.5 Å². The van der Waals surface area contributed by atoms with Crippen LogP contribution in [0.15, 0.2) is 30.3 Å². The fourth-order valence-electron chi connectivity index (χ4n) is 2.36. The van der Waals surface area contributed by atoms with Crippen LogP contribution in [0.1, 0.15) is 15.9 Å². The maximum absolute atomic E-state index is 12.4. The SMILES string of the molecule is COc1cc(C(=O)NCCOc2cc(C)ccc2Cl)cc(OC)c1OC. The molecule has 6 nitrogen and oxygen atoms in total. The van der Waals surface area contributed by atoms with Crippen LogP contribution < -0.4 is 24.3 Å². The smallest absolute Gasteiger partial charge is 0.251 e. The molecule has 2 rings (SSSR count). The van der Waals surface area contributed by atoms with Crippen molar-refractivity contribution in [3.63, 3.8) is 0 Å². The van der Waals surface area contributed by atoms with E-state index in [9.17, 15) is 4.79 Å². The first-order valence-electron chi connectivity index (χ1n) is 7.97. The Balaban J connectivity index is 1.98. The van der Waals surface area contributed by atoms with E-state index in [1.165, 1.54) is 21.3 Å². The summed E-state index contributed by atoms with van der Waals surface area (Å²) in [7, 11) is 4.50. The number of rotatable bonds is 8. The molecule has 1 N–H and O–H groups in total. The van der Waals surface area contributed by atoms with Gasteiger partial charge in [-0.2, -0.15) is 0 Å². The van der Waals surface area contributed by atoms with E-state index in [1.54, 1.807) is 18.2 Å². The van der Waals surface area contributed by atoms with E-state index >= 15 is 0 Å². The summed E-state index contributed by atoms with van der Waals surface area (Å²) in [5, 5.41) is 3.32. The highest BCUT2D eigenvalue weighted by molar-refractivity contribution is 6.32. The van der Waals surface area contributed by atoms with Gasteiger partial charge in [0.05, 0.1) is 32.9 Å². The van der Waals surface area contributed by atoms with E-state index in [0.717, 1.165) is 5.56 Å². The molecule has 140 valence electrons. The highest BCUT2D eigenvalue weighted by atomic mass is 35.5. The van der Waals surface area contributed by atoms with Crippen molar-refractivity contribution < 1.29 is 23.7 Å². The normalized spacial score (nSPS) is 10.2.